The van der Waals surface area contributed by atoms with Crippen LogP contribution in [0.2, 0.25) is 0 Å². The van der Waals surface area contributed by atoms with Crippen molar-refractivity contribution in [1.29, 1.82) is 0 Å². The largest absolute Gasteiger partial charge is 0.383 e. The van der Waals surface area contributed by atoms with Gasteiger partial charge in [0.1, 0.15) is 0 Å². The predicted molar refractivity (Wildman–Crippen MR) is 87.2 cm³/mol. The first kappa shape index (κ1) is 16.4. The molecule has 1 aliphatic heterocycles. The quantitative estimate of drug-likeness (QED) is 0.851. The van der Waals surface area contributed by atoms with Gasteiger partial charge in [-0.15, -0.1) is 11.3 Å². The summed E-state index contributed by atoms with van der Waals surface area (Å²) in [5.41, 5.74) is 0. The molecule has 1 aromatic rings. The van der Waals surface area contributed by atoms with Crippen LogP contribution in [-0.2, 0) is 9.53 Å². The van der Waals surface area contributed by atoms with Gasteiger partial charge in [0.25, 0.3) is 5.91 Å². The topological polar surface area (TPSA) is 71.5 Å². The first-order chi connectivity index (χ1) is 11.1. The first-order valence-corrected chi connectivity index (χ1v) is 8.96. The molecule has 1 saturated carbocycles. The highest BCUT2D eigenvalue weighted by atomic mass is 32.1. The first-order valence-electron chi connectivity index (χ1n) is 8.08. The SMILES string of the molecule is COCCN1C(=O)C[C@H]2[C@H](CNC(=O)c3nccs3)[C@@H](C)C[C@H]21. The monoisotopic (exact) mass is 337 g/mol. The van der Waals surface area contributed by atoms with E-state index in [1.807, 2.05) is 4.90 Å². The van der Waals surface area contributed by atoms with E-state index in [-0.39, 0.29) is 11.8 Å². The Bertz CT molecular complexity index is 563. The van der Waals surface area contributed by atoms with Gasteiger partial charge in [0, 0.05) is 44.2 Å². The van der Waals surface area contributed by atoms with Crippen LogP contribution in [0.1, 0.15) is 29.6 Å². The molecule has 7 heteroatoms. The summed E-state index contributed by atoms with van der Waals surface area (Å²) < 4.78 is 5.12. The molecule has 1 saturated heterocycles. The van der Waals surface area contributed by atoms with E-state index in [4.69, 9.17) is 4.74 Å². The predicted octanol–water partition coefficient (Wildman–Crippen LogP) is 1.39. The number of hydrogen-bond acceptors (Lipinski definition) is 5. The number of thiazole rings is 1. The van der Waals surface area contributed by atoms with Gasteiger partial charge < -0.3 is 15.0 Å². The molecule has 2 heterocycles. The fourth-order valence-electron chi connectivity index (χ4n) is 4.04. The van der Waals surface area contributed by atoms with Gasteiger partial charge in [-0.3, -0.25) is 9.59 Å². The van der Waals surface area contributed by atoms with Crippen molar-refractivity contribution in [2.24, 2.45) is 17.8 Å². The number of likely N-dealkylation sites (tertiary alicyclic amines) is 1. The summed E-state index contributed by atoms with van der Waals surface area (Å²) >= 11 is 1.34. The fraction of sp³-hybridized carbons (Fsp3) is 0.688. The van der Waals surface area contributed by atoms with Crippen LogP contribution in [0.3, 0.4) is 0 Å². The third-order valence-corrected chi connectivity index (χ3v) is 5.95. The van der Waals surface area contributed by atoms with Crippen molar-refractivity contribution in [3.05, 3.63) is 16.6 Å². The third-order valence-electron chi connectivity index (χ3n) is 5.18. The summed E-state index contributed by atoms with van der Waals surface area (Å²) in [6.45, 7) is 4.08. The van der Waals surface area contributed by atoms with Crippen LogP contribution in [0, 0.1) is 17.8 Å². The van der Waals surface area contributed by atoms with E-state index in [2.05, 4.69) is 17.2 Å². The number of carbonyl (C=O) groups excluding carboxylic acids is 2. The van der Waals surface area contributed by atoms with E-state index in [0.717, 1.165) is 6.42 Å². The number of nitrogens with zero attached hydrogens (tertiary/aromatic N) is 2. The Morgan fingerprint density at radius 1 is 1.57 bits per heavy atom. The number of carbonyl (C=O) groups is 2. The molecular weight excluding hydrogens is 314 g/mol. The van der Waals surface area contributed by atoms with Crippen molar-refractivity contribution in [2.45, 2.75) is 25.8 Å². The molecule has 0 radical (unpaired) electrons. The number of ether oxygens (including phenoxy) is 1. The van der Waals surface area contributed by atoms with Crippen molar-refractivity contribution in [3.8, 4) is 0 Å². The second-order valence-electron chi connectivity index (χ2n) is 6.44. The summed E-state index contributed by atoms with van der Waals surface area (Å²) in [4.78, 5) is 30.3. The summed E-state index contributed by atoms with van der Waals surface area (Å²) in [5.74, 6) is 1.29. The number of hydrogen-bond donors (Lipinski definition) is 1. The van der Waals surface area contributed by atoms with Crippen molar-refractivity contribution in [1.82, 2.24) is 15.2 Å². The highest BCUT2D eigenvalue weighted by molar-refractivity contribution is 7.11. The molecule has 2 aliphatic rings. The van der Waals surface area contributed by atoms with E-state index in [1.165, 1.54) is 11.3 Å². The van der Waals surface area contributed by atoms with Crippen LogP contribution in [0.4, 0.5) is 0 Å². The Morgan fingerprint density at radius 2 is 2.39 bits per heavy atom. The molecule has 0 bridgehead atoms. The van der Waals surface area contributed by atoms with Crippen LogP contribution in [-0.4, -0.2) is 54.5 Å². The summed E-state index contributed by atoms with van der Waals surface area (Å²) in [6.07, 6.45) is 3.24. The Morgan fingerprint density at radius 3 is 3.09 bits per heavy atom. The van der Waals surface area contributed by atoms with Crippen LogP contribution in [0.5, 0.6) is 0 Å². The van der Waals surface area contributed by atoms with E-state index in [0.29, 0.717) is 54.9 Å². The maximum atomic E-state index is 12.2. The molecule has 0 aromatic carbocycles. The number of amides is 2. The summed E-state index contributed by atoms with van der Waals surface area (Å²) in [5, 5.41) is 5.29. The number of nitrogens with one attached hydrogen (secondary N) is 1. The average Bonchev–Trinajstić information content (AvgIpc) is 3.21. The lowest BCUT2D eigenvalue weighted by atomic mass is 9.88. The minimum Gasteiger partial charge on any atom is -0.383 e. The van der Waals surface area contributed by atoms with E-state index in [9.17, 15) is 9.59 Å². The normalized spacial score (nSPS) is 29.8. The van der Waals surface area contributed by atoms with Crippen molar-refractivity contribution >= 4 is 23.2 Å². The molecule has 4 atom stereocenters. The smallest absolute Gasteiger partial charge is 0.280 e. The van der Waals surface area contributed by atoms with Crippen LogP contribution in [0.15, 0.2) is 11.6 Å². The fourth-order valence-corrected chi connectivity index (χ4v) is 4.59. The Labute approximate surface area is 140 Å². The molecule has 23 heavy (non-hydrogen) atoms. The van der Waals surface area contributed by atoms with Gasteiger partial charge in [0.15, 0.2) is 5.01 Å². The van der Waals surface area contributed by atoms with Gasteiger partial charge in [0.05, 0.1) is 6.61 Å². The Kier molecular flexibility index (Phi) is 4.96. The molecule has 1 aromatic heterocycles. The average molecular weight is 337 g/mol. The highest BCUT2D eigenvalue weighted by Crippen LogP contribution is 2.45. The maximum Gasteiger partial charge on any atom is 0.280 e. The minimum atomic E-state index is -0.115. The number of fused-ring (bicyclic) bond motifs is 1. The Hall–Kier alpha value is -1.47. The number of methoxy groups -OCH3 is 1. The van der Waals surface area contributed by atoms with E-state index < -0.39 is 0 Å². The standard InChI is InChI=1S/C16H23N3O3S/c1-10-7-13-11(8-14(20)19(13)4-5-22-2)12(10)9-18-15(21)16-17-3-6-23-16/h3,6,10-13H,4-5,7-9H2,1-2H3,(H,18,21)/t10-,11-,12+,13+/m0/s1. The van der Waals surface area contributed by atoms with Gasteiger partial charge in [-0.05, 0) is 24.2 Å². The number of rotatable bonds is 6. The zero-order chi connectivity index (χ0) is 16.4. The number of aromatic nitrogens is 1. The van der Waals surface area contributed by atoms with E-state index in [1.54, 1.807) is 18.7 Å². The third kappa shape index (κ3) is 3.26. The van der Waals surface area contributed by atoms with Gasteiger partial charge in [-0.2, -0.15) is 0 Å². The van der Waals surface area contributed by atoms with Crippen molar-refractivity contribution in [2.75, 3.05) is 26.8 Å². The zero-order valence-corrected chi connectivity index (χ0v) is 14.3. The maximum absolute atomic E-state index is 12.2. The van der Waals surface area contributed by atoms with Gasteiger partial charge in [0.2, 0.25) is 5.91 Å². The molecule has 0 unspecified atom stereocenters. The Balaban J connectivity index is 1.60. The minimum absolute atomic E-state index is 0.115. The highest BCUT2D eigenvalue weighted by Gasteiger charge is 2.50. The second-order valence-corrected chi connectivity index (χ2v) is 7.33. The van der Waals surface area contributed by atoms with Crippen molar-refractivity contribution in [3.63, 3.8) is 0 Å². The zero-order valence-electron chi connectivity index (χ0n) is 13.5. The van der Waals surface area contributed by atoms with Crippen LogP contribution < -0.4 is 5.32 Å². The molecule has 2 amide bonds. The van der Waals surface area contributed by atoms with Gasteiger partial charge in [-0.25, -0.2) is 4.98 Å². The molecule has 1 aliphatic carbocycles. The molecule has 3 rings (SSSR count). The van der Waals surface area contributed by atoms with Gasteiger partial charge in [-0.1, -0.05) is 6.92 Å². The molecule has 0 spiro atoms. The van der Waals surface area contributed by atoms with Gasteiger partial charge >= 0.3 is 0 Å². The van der Waals surface area contributed by atoms with E-state index >= 15 is 0 Å². The van der Waals surface area contributed by atoms with Crippen molar-refractivity contribution < 1.29 is 14.3 Å². The molecular formula is C16H23N3O3S. The summed E-state index contributed by atoms with van der Waals surface area (Å²) in [6, 6.07) is 0.300. The molecule has 1 N–H and O–H groups in total. The van der Waals surface area contributed by atoms with Crippen LogP contribution >= 0.6 is 11.3 Å². The lowest BCUT2D eigenvalue weighted by Crippen LogP contribution is -2.36. The molecule has 6 nitrogen and oxygen atoms in total. The lowest BCUT2D eigenvalue weighted by Gasteiger charge is -2.24. The van der Waals surface area contributed by atoms with Crippen LogP contribution in [0.25, 0.3) is 0 Å². The molecule has 2 fully saturated rings. The molecule has 126 valence electrons. The summed E-state index contributed by atoms with van der Waals surface area (Å²) in [7, 11) is 1.66. The second kappa shape index (κ2) is 6.97. The lowest BCUT2D eigenvalue weighted by molar-refractivity contribution is -0.129.